The monoisotopic (exact) mass is 390 g/mol. The van der Waals surface area contributed by atoms with Crippen molar-refractivity contribution >= 4 is 17.4 Å². The molecule has 2 aliphatic heterocycles. The Bertz CT molecular complexity index is 710. The number of halogens is 1. The van der Waals surface area contributed by atoms with Crippen LogP contribution in [0.4, 0.5) is 10.1 Å². The zero-order valence-corrected chi connectivity index (χ0v) is 17.2. The van der Waals surface area contributed by atoms with Gasteiger partial charge in [-0.25, -0.2) is 4.39 Å². The van der Waals surface area contributed by atoms with Gasteiger partial charge in [0.25, 0.3) is 0 Å². The van der Waals surface area contributed by atoms with Crippen molar-refractivity contribution in [1.29, 1.82) is 0 Å². The average Bonchev–Trinajstić information content (AvgIpc) is 2.72. The maximum Gasteiger partial charge on any atom is 0.239 e. The van der Waals surface area contributed by atoms with Gasteiger partial charge in [-0.2, -0.15) is 0 Å². The summed E-state index contributed by atoms with van der Waals surface area (Å²) in [5.74, 6) is -0.303. The fraction of sp³-hybridized carbons (Fsp3) is 0.619. The molecule has 0 radical (unpaired) electrons. The van der Waals surface area contributed by atoms with E-state index in [0.717, 1.165) is 45.8 Å². The lowest BCUT2D eigenvalue weighted by Crippen LogP contribution is -2.57. The summed E-state index contributed by atoms with van der Waals surface area (Å²) < 4.78 is 14.4. The van der Waals surface area contributed by atoms with Crippen LogP contribution in [0.2, 0.25) is 0 Å². The standard InChI is InChI=1S/C21H31FN4O2/c1-4-23-7-9-26(10-8-23)21(28)16(2)24-11-13-25(14-12-24)20-6-5-18(17(3)27)15-19(20)22/h5-6,15-16H,4,7-14H2,1-3H3. The smallest absolute Gasteiger partial charge is 0.239 e. The van der Waals surface area contributed by atoms with E-state index in [4.69, 9.17) is 0 Å². The molecule has 0 spiro atoms. The van der Waals surface area contributed by atoms with Gasteiger partial charge in [-0.1, -0.05) is 6.92 Å². The molecule has 1 aromatic rings. The SMILES string of the molecule is CCN1CCN(C(=O)C(C)N2CCN(c3ccc(C(C)=O)cc3F)CC2)CC1. The molecule has 28 heavy (non-hydrogen) atoms. The van der Waals surface area contributed by atoms with Gasteiger partial charge in [0.1, 0.15) is 5.82 Å². The van der Waals surface area contributed by atoms with Gasteiger partial charge in [0, 0.05) is 57.9 Å². The minimum Gasteiger partial charge on any atom is -0.367 e. The summed E-state index contributed by atoms with van der Waals surface area (Å²) in [6, 6.07) is 4.52. The molecule has 1 amide bonds. The van der Waals surface area contributed by atoms with Crippen molar-refractivity contribution < 1.29 is 14.0 Å². The molecule has 0 saturated carbocycles. The van der Waals surface area contributed by atoms with E-state index in [-0.39, 0.29) is 23.5 Å². The van der Waals surface area contributed by atoms with Crippen LogP contribution >= 0.6 is 0 Å². The lowest BCUT2D eigenvalue weighted by atomic mass is 10.1. The first-order chi connectivity index (χ1) is 13.4. The number of carbonyl (C=O) groups is 2. The van der Waals surface area contributed by atoms with Gasteiger partial charge in [-0.3, -0.25) is 14.5 Å². The van der Waals surface area contributed by atoms with Gasteiger partial charge >= 0.3 is 0 Å². The second kappa shape index (κ2) is 9.01. The normalized spacial score (nSPS) is 20.3. The Kier molecular flexibility index (Phi) is 6.67. The summed E-state index contributed by atoms with van der Waals surface area (Å²) in [5.41, 5.74) is 0.918. The van der Waals surface area contributed by atoms with Crippen LogP contribution in [0.15, 0.2) is 18.2 Å². The van der Waals surface area contributed by atoms with E-state index in [1.165, 1.54) is 13.0 Å². The van der Waals surface area contributed by atoms with Crippen LogP contribution in [-0.2, 0) is 4.79 Å². The lowest BCUT2D eigenvalue weighted by Gasteiger charge is -2.41. The molecule has 0 aliphatic carbocycles. The Morgan fingerprint density at radius 2 is 1.68 bits per heavy atom. The van der Waals surface area contributed by atoms with E-state index in [1.807, 2.05) is 16.7 Å². The van der Waals surface area contributed by atoms with Crippen molar-refractivity contribution in [1.82, 2.24) is 14.7 Å². The minimum absolute atomic E-state index is 0.137. The molecule has 1 atom stereocenters. The summed E-state index contributed by atoms with van der Waals surface area (Å²) in [6.07, 6.45) is 0. The van der Waals surface area contributed by atoms with E-state index >= 15 is 0 Å². The molecule has 0 N–H and O–H groups in total. The van der Waals surface area contributed by atoms with Crippen molar-refractivity contribution in [3.8, 4) is 0 Å². The summed E-state index contributed by atoms with van der Waals surface area (Å²) in [5, 5.41) is 0. The van der Waals surface area contributed by atoms with E-state index in [1.54, 1.807) is 12.1 Å². The highest BCUT2D eigenvalue weighted by atomic mass is 19.1. The van der Waals surface area contributed by atoms with Gasteiger partial charge in [0.15, 0.2) is 5.78 Å². The molecular formula is C21H31FN4O2. The fourth-order valence-corrected chi connectivity index (χ4v) is 4.04. The third kappa shape index (κ3) is 4.52. The number of Topliss-reactive ketones (excluding diaryl/α,β-unsaturated/α-hetero) is 1. The number of likely N-dealkylation sites (N-methyl/N-ethyl adjacent to an activating group) is 1. The van der Waals surface area contributed by atoms with E-state index in [2.05, 4.69) is 16.7 Å². The number of carbonyl (C=O) groups excluding carboxylic acids is 2. The third-order valence-electron chi connectivity index (χ3n) is 6.05. The first kappa shape index (κ1) is 20.7. The zero-order chi connectivity index (χ0) is 20.3. The molecule has 0 aromatic heterocycles. The van der Waals surface area contributed by atoms with Crippen LogP contribution in [-0.4, -0.2) is 91.3 Å². The molecule has 2 heterocycles. The van der Waals surface area contributed by atoms with Gasteiger partial charge in [0.05, 0.1) is 11.7 Å². The van der Waals surface area contributed by atoms with Crippen molar-refractivity contribution in [2.24, 2.45) is 0 Å². The number of hydrogen-bond acceptors (Lipinski definition) is 5. The van der Waals surface area contributed by atoms with Crippen LogP contribution < -0.4 is 4.90 Å². The second-order valence-corrected chi connectivity index (χ2v) is 7.68. The van der Waals surface area contributed by atoms with Crippen molar-refractivity contribution in [2.75, 3.05) is 63.8 Å². The van der Waals surface area contributed by atoms with Gasteiger partial charge in [-0.05, 0) is 38.6 Å². The van der Waals surface area contributed by atoms with E-state index < -0.39 is 0 Å². The largest absolute Gasteiger partial charge is 0.367 e. The third-order valence-corrected chi connectivity index (χ3v) is 6.05. The maximum absolute atomic E-state index is 14.4. The van der Waals surface area contributed by atoms with Crippen molar-refractivity contribution in [3.63, 3.8) is 0 Å². The van der Waals surface area contributed by atoms with Gasteiger partial charge in [-0.15, -0.1) is 0 Å². The quantitative estimate of drug-likeness (QED) is 0.717. The van der Waals surface area contributed by atoms with Crippen LogP contribution in [0.1, 0.15) is 31.1 Å². The summed E-state index contributed by atoms with van der Waals surface area (Å²) >= 11 is 0. The molecular weight excluding hydrogens is 359 g/mol. The first-order valence-corrected chi connectivity index (χ1v) is 10.2. The molecule has 1 unspecified atom stereocenters. The van der Waals surface area contributed by atoms with Crippen LogP contribution in [0.5, 0.6) is 0 Å². The Hall–Kier alpha value is -1.99. The predicted molar refractivity (Wildman–Crippen MR) is 108 cm³/mol. The second-order valence-electron chi connectivity index (χ2n) is 7.68. The minimum atomic E-state index is -0.362. The van der Waals surface area contributed by atoms with Crippen molar-refractivity contribution in [3.05, 3.63) is 29.6 Å². The number of benzene rings is 1. The number of hydrogen-bond donors (Lipinski definition) is 0. The summed E-state index contributed by atoms with van der Waals surface area (Å²) in [7, 11) is 0. The summed E-state index contributed by atoms with van der Waals surface area (Å²) in [4.78, 5) is 32.8. The molecule has 154 valence electrons. The van der Waals surface area contributed by atoms with Gasteiger partial charge < -0.3 is 14.7 Å². The highest BCUT2D eigenvalue weighted by Gasteiger charge is 2.30. The Morgan fingerprint density at radius 3 is 2.21 bits per heavy atom. The molecule has 2 aliphatic rings. The van der Waals surface area contributed by atoms with E-state index in [0.29, 0.717) is 24.3 Å². The Morgan fingerprint density at radius 1 is 1.04 bits per heavy atom. The maximum atomic E-state index is 14.4. The Labute approximate surface area is 166 Å². The molecule has 1 aromatic carbocycles. The van der Waals surface area contributed by atoms with Crippen LogP contribution in [0, 0.1) is 5.82 Å². The number of piperazine rings is 2. The lowest BCUT2D eigenvalue weighted by molar-refractivity contribution is -0.138. The predicted octanol–water partition coefficient (Wildman–Crippen LogP) is 1.70. The van der Waals surface area contributed by atoms with Crippen molar-refractivity contribution in [2.45, 2.75) is 26.8 Å². The molecule has 0 bridgehead atoms. The Balaban J connectivity index is 1.55. The highest BCUT2D eigenvalue weighted by Crippen LogP contribution is 2.23. The average molecular weight is 391 g/mol. The zero-order valence-electron chi connectivity index (χ0n) is 17.2. The summed E-state index contributed by atoms with van der Waals surface area (Å²) in [6.45, 7) is 12.8. The molecule has 2 saturated heterocycles. The number of nitrogens with zero attached hydrogens (tertiary/aromatic N) is 4. The van der Waals surface area contributed by atoms with Crippen LogP contribution in [0.3, 0.4) is 0 Å². The number of ketones is 1. The number of amides is 1. The fourth-order valence-electron chi connectivity index (χ4n) is 4.04. The van der Waals surface area contributed by atoms with E-state index in [9.17, 15) is 14.0 Å². The molecule has 3 rings (SSSR count). The topological polar surface area (TPSA) is 47.1 Å². The van der Waals surface area contributed by atoms with Gasteiger partial charge in [0.2, 0.25) is 5.91 Å². The first-order valence-electron chi connectivity index (χ1n) is 10.2. The van der Waals surface area contributed by atoms with Crippen LogP contribution in [0.25, 0.3) is 0 Å². The molecule has 6 nitrogen and oxygen atoms in total. The number of rotatable bonds is 5. The molecule has 2 fully saturated rings. The molecule has 7 heteroatoms. The number of anilines is 1. The highest BCUT2D eigenvalue weighted by molar-refractivity contribution is 5.94.